The molecule has 0 spiro atoms. The van der Waals surface area contributed by atoms with E-state index in [4.69, 9.17) is 0 Å². The van der Waals surface area contributed by atoms with Crippen LogP contribution in [0.1, 0.15) is 33.4 Å². The number of hydrogen-bond donors (Lipinski definition) is 0. The minimum Gasteiger partial charge on any atom is -0.121 e. The number of hydrogen-bond acceptors (Lipinski definition) is 0. The Morgan fingerprint density at radius 3 is 0.535 bits per heavy atom. The SMILES string of the molecule is PC([C](C(P)(c1ccccc1)c1ccccc1)C(P)(c1ccccc1)c1ccccc1)(c1ccccc1)c1ccccc1. The van der Waals surface area contributed by atoms with Crippen LogP contribution in [-0.4, -0.2) is 0 Å². The van der Waals surface area contributed by atoms with Crippen LogP contribution in [0, 0.1) is 5.92 Å². The van der Waals surface area contributed by atoms with E-state index in [-0.39, 0.29) is 0 Å². The lowest BCUT2D eigenvalue weighted by atomic mass is 9.60. The van der Waals surface area contributed by atoms with Crippen molar-refractivity contribution in [2.24, 2.45) is 0 Å². The number of benzene rings is 6. The summed E-state index contributed by atoms with van der Waals surface area (Å²) >= 11 is 0. The molecule has 0 N–H and O–H groups in total. The van der Waals surface area contributed by atoms with Gasteiger partial charge in [0.15, 0.2) is 0 Å². The molecule has 3 heteroatoms. The van der Waals surface area contributed by atoms with Crippen LogP contribution >= 0.6 is 27.7 Å². The predicted molar refractivity (Wildman–Crippen MR) is 193 cm³/mol. The van der Waals surface area contributed by atoms with E-state index in [2.05, 4.69) is 210 Å². The first kappa shape index (κ1) is 29.7. The largest absolute Gasteiger partial charge is 0.121 e. The van der Waals surface area contributed by atoms with Crippen molar-refractivity contribution < 1.29 is 0 Å². The molecule has 211 valence electrons. The molecule has 0 aliphatic rings. The summed E-state index contributed by atoms with van der Waals surface area (Å²) in [6.45, 7) is 0. The Hall–Kier alpha value is -3.39. The van der Waals surface area contributed by atoms with Crippen LogP contribution in [0.5, 0.6) is 0 Å². The summed E-state index contributed by atoms with van der Waals surface area (Å²) in [6, 6.07) is 65.6. The zero-order valence-corrected chi connectivity index (χ0v) is 27.5. The molecule has 0 aliphatic heterocycles. The number of rotatable bonds is 9. The topological polar surface area (TPSA) is 0 Å². The van der Waals surface area contributed by atoms with Crippen LogP contribution in [0.2, 0.25) is 0 Å². The third-order valence-electron chi connectivity index (χ3n) is 8.56. The zero-order valence-electron chi connectivity index (χ0n) is 24.1. The van der Waals surface area contributed by atoms with E-state index < -0.39 is 15.5 Å². The summed E-state index contributed by atoms with van der Waals surface area (Å²) in [4.78, 5) is 0. The summed E-state index contributed by atoms with van der Waals surface area (Å²) in [6.07, 6.45) is 0. The smallest absolute Gasteiger partial charge is 0.0437 e. The van der Waals surface area contributed by atoms with Crippen LogP contribution in [0.25, 0.3) is 0 Å². The first-order chi connectivity index (χ1) is 21.0. The van der Waals surface area contributed by atoms with E-state index >= 15 is 0 Å². The average Bonchev–Trinajstić information content (AvgIpc) is 3.10. The summed E-state index contributed by atoms with van der Waals surface area (Å²) in [5.41, 5.74) is 7.24. The molecule has 6 rings (SSSR count). The van der Waals surface area contributed by atoms with Gasteiger partial charge in [0.1, 0.15) is 0 Å². The Kier molecular flexibility index (Phi) is 8.75. The maximum Gasteiger partial charge on any atom is 0.0437 e. The van der Waals surface area contributed by atoms with Gasteiger partial charge in [-0.25, -0.2) is 0 Å². The molecule has 0 heterocycles. The molecule has 1 radical (unpaired) electrons. The lowest BCUT2D eigenvalue weighted by Gasteiger charge is -2.56. The fourth-order valence-electron chi connectivity index (χ4n) is 6.51. The van der Waals surface area contributed by atoms with Crippen molar-refractivity contribution in [1.82, 2.24) is 0 Å². The molecule has 0 aliphatic carbocycles. The minimum absolute atomic E-state index is 0.622. The molecule has 0 nitrogen and oxygen atoms in total. The van der Waals surface area contributed by atoms with Gasteiger partial charge in [0.2, 0.25) is 0 Å². The van der Waals surface area contributed by atoms with Gasteiger partial charge in [0, 0.05) is 21.4 Å². The highest BCUT2D eigenvalue weighted by Gasteiger charge is 2.59. The Balaban J connectivity index is 1.83. The summed E-state index contributed by atoms with van der Waals surface area (Å²) in [7, 11) is 10.1. The second kappa shape index (κ2) is 12.7. The third-order valence-corrected chi connectivity index (χ3v) is 11.4. The normalized spacial score (nSPS) is 12.3. The lowest BCUT2D eigenvalue weighted by Crippen LogP contribution is -2.51. The molecule has 3 atom stereocenters. The van der Waals surface area contributed by atoms with Crippen molar-refractivity contribution in [1.29, 1.82) is 0 Å². The maximum atomic E-state index is 3.37. The van der Waals surface area contributed by atoms with Crippen molar-refractivity contribution in [3.8, 4) is 0 Å². The van der Waals surface area contributed by atoms with Gasteiger partial charge in [-0.15, -0.1) is 27.7 Å². The highest BCUT2D eigenvalue weighted by molar-refractivity contribution is 7.23. The summed E-state index contributed by atoms with van der Waals surface area (Å²) in [5, 5.41) is -1.86. The highest BCUT2D eigenvalue weighted by Crippen LogP contribution is 2.68. The molecule has 6 aromatic carbocycles. The molecule has 43 heavy (non-hydrogen) atoms. The van der Waals surface area contributed by atoms with Gasteiger partial charge in [-0.3, -0.25) is 0 Å². The zero-order chi connectivity index (χ0) is 29.8. The van der Waals surface area contributed by atoms with E-state index in [0.717, 1.165) is 0 Å². The molecule has 6 aromatic rings. The van der Waals surface area contributed by atoms with E-state index in [1.807, 2.05) is 0 Å². The Labute approximate surface area is 263 Å². The van der Waals surface area contributed by atoms with Crippen LogP contribution < -0.4 is 0 Å². The molecule has 3 unspecified atom stereocenters. The summed E-state index contributed by atoms with van der Waals surface area (Å²) < 4.78 is 0. The van der Waals surface area contributed by atoms with Gasteiger partial charge >= 0.3 is 0 Å². The molecule has 0 fully saturated rings. The summed E-state index contributed by atoms with van der Waals surface area (Å²) in [5.74, 6) is 1.29. The third kappa shape index (κ3) is 5.32. The van der Waals surface area contributed by atoms with Gasteiger partial charge in [0.05, 0.1) is 0 Å². The van der Waals surface area contributed by atoms with Gasteiger partial charge in [-0.1, -0.05) is 182 Å². The standard InChI is InChI=1S/C40H36P3/c41-38(31-19-7-1-8-20-31,32-21-9-2-10-22-32)37(39(42,33-23-11-3-12-24-33)34-25-13-4-14-26-34)40(43,35-27-15-5-16-28-35)36-29-17-6-18-30-36/h1-30H,41-43H2. The fraction of sp³-hybridized carbons (Fsp3) is 0.0750. The molecule has 0 bridgehead atoms. The van der Waals surface area contributed by atoms with Crippen molar-refractivity contribution in [2.45, 2.75) is 15.5 Å². The van der Waals surface area contributed by atoms with Crippen LogP contribution in [0.3, 0.4) is 0 Å². The Bertz CT molecular complexity index is 1390. The Morgan fingerprint density at radius 1 is 0.256 bits per heavy atom. The van der Waals surface area contributed by atoms with Crippen molar-refractivity contribution in [3.63, 3.8) is 0 Å². The monoisotopic (exact) mass is 609 g/mol. The van der Waals surface area contributed by atoms with E-state index in [1.165, 1.54) is 39.3 Å². The Morgan fingerprint density at radius 2 is 0.395 bits per heavy atom. The van der Waals surface area contributed by atoms with Crippen molar-refractivity contribution in [3.05, 3.63) is 221 Å². The first-order valence-corrected chi connectivity index (χ1v) is 16.3. The van der Waals surface area contributed by atoms with Crippen LogP contribution in [0.4, 0.5) is 0 Å². The second-order valence-corrected chi connectivity index (χ2v) is 13.6. The quantitative estimate of drug-likeness (QED) is 0.143. The van der Waals surface area contributed by atoms with Gasteiger partial charge in [-0.05, 0) is 33.4 Å². The minimum atomic E-state index is -0.622. The average molecular weight is 610 g/mol. The predicted octanol–water partition coefficient (Wildman–Crippen LogP) is 10.0. The second-order valence-electron chi connectivity index (χ2n) is 11.0. The van der Waals surface area contributed by atoms with Crippen LogP contribution in [-0.2, 0) is 15.5 Å². The van der Waals surface area contributed by atoms with Crippen molar-refractivity contribution >= 4 is 27.7 Å². The highest BCUT2D eigenvalue weighted by atomic mass is 31.0. The van der Waals surface area contributed by atoms with E-state index in [1.54, 1.807) is 0 Å². The van der Waals surface area contributed by atoms with Gasteiger partial charge < -0.3 is 0 Å². The molecule has 0 aromatic heterocycles. The first-order valence-electron chi connectivity index (χ1n) is 14.6. The lowest BCUT2D eigenvalue weighted by molar-refractivity contribution is 0.514. The molecule has 0 saturated heterocycles. The fourth-order valence-corrected chi connectivity index (χ4v) is 9.53. The van der Waals surface area contributed by atoms with Gasteiger partial charge in [0.25, 0.3) is 0 Å². The maximum absolute atomic E-state index is 3.37. The molecular weight excluding hydrogens is 573 g/mol. The van der Waals surface area contributed by atoms with E-state index in [9.17, 15) is 0 Å². The molecule has 0 amide bonds. The molecule has 0 saturated carbocycles. The van der Waals surface area contributed by atoms with Crippen LogP contribution in [0.15, 0.2) is 182 Å². The van der Waals surface area contributed by atoms with E-state index in [0.29, 0.717) is 0 Å². The van der Waals surface area contributed by atoms with Crippen molar-refractivity contribution in [2.75, 3.05) is 0 Å². The molecular formula is C40H36P3. The van der Waals surface area contributed by atoms with Gasteiger partial charge in [-0.2, -0.15) is 0 Å².